The lowest BCUT2D eigenvalue weighted by molar-refractivity contribution is -0.119. The van der Waals surface area contributed by atoms with Gasteiger partial charge in [-0.2, -0.15) is 0 Å². The topological polar surface area (TPSA) is 99.8 Å². The van der Waals surface area contributed by atoms with Crippen LogP contribution in [-0.4, -0.2) is 38.8 Å². The van der Waals surface area contributed by atoms with Gasteiger partial charge in [0.25, 0.3) is 5.91 Å². The number of aromatic nitrogens is 3. The fraction of sp³-hybridized carbons (Fsp3) is 0.524. The highest BCUT2D eigenvalue weighted by atomic mass is 35.5. The van der Waals surface area contributed by atoms with Crippen LogP contribution in [0.1, 0.15) is 68.2 Å². The van der Waals surface area contributed by atoms with Gasteiger partial charge in [0.15, 0.2) is 0 Å². The van der Waals surface area contributed by atoms with Gasteiger partial charge in [0, 0.05) is 11.1 Å². The number of halogens is 2. The van der Waals surface area contributed by atoms with Crippen molar-refractivity contribution in [3.63, 3.8) is 0 Å². The molecule has 31 heavy (non-hydrogen) atoms. The average Bonchev–Trinajstić information content (AvgIpc) is 3.19. The van der Waals surface area contributed by atoms with Crippen molar-refractivity contribution in [1.29, 1.82) is 0 Å². The molecule has 1 atom stereocenters. The molecule has 2 amide bonds. The fourth-order valence-electron chi connectivity index (χ4n) is 3.55. The molecule has 3 N–H and O–H groups in total. The van der Waals surface area contributed by atoms with E-state index in [1.165, 1.54) is 37.1 Å². The second kappa shape index (κ2) is 11.2. The van der Waals surface area contributed by atoms with Crippen molar-refractivity contribution in [3.8, 4) is 0 Å². The molecule has 1 aromatic carbocycles. The largest absolute Gasteiger partial charge is 0.353 e. The van der Waals surface area contributed by atoms with Crippen LogP contribution in [0.5, 0.6) is 0 Å². The summed E-state index contributed by atoms with van der Waals surface area (Å²) in [6, 6.07) is 4.63. The quantitative estimate of drug-likeness (QED) is 0.469. The van der Waals surface area contributed by atoms with Gasteiger partial charge in [-0.1, -0.05) is 68.1 Å². The predicted octanol–water partition coefficient (Wildman–Crippen LogP) is 4.78. The molecule has 1 heterocycles. The minimum Gasteiger partial charge on any atom is -0.353 e. The second-order valence-electron chi connectivity index (χ2n) is 8.01. The Morgan fingerprint density at radius 2 is 1.97 bits per heavy atom. The third kappa shape index (κ3) is 6.85. The number of hydrogen-bond acceptors (Lipinski definition) is 5. The number of hydrogen-bond donors (Lipinski definition) is 3. The van der Waals surface area contributed by atoms with Gasteiger partial charge in [-0.3, -0.25) is 14.7 Å². The maximum atomic E-state index is 12.7. The summed E-state index contributed by atoms with van der Waals surface area (Å²) >= 11 is 13.3. The third-order valence-electron chi connectivity index (χ3n) is 5.21. The lowest BCUT2D eigenvalue weighted by Gasteiger charge is -2.22. The van der Waals surface area contributed by atoms with Gasteiger partial charge in [-0.25, -0.2) is 4.98 Å². The first-order valence-electron chi connectivity index (χ1n) is 10.4. The molecule has 1 fully saturated rings. The summed E-state index contributed by atoms with van der Waals surface area (Å²) in [5.74, 6) is 0.513. The SMILES string of the molecule is CC(C)[C@@H](NC(=O)c1ccc(Cl)cc1Cl)c1nc(SCC(=O)NC2CCCCC2)n[nH]1. The number of nitrogens with zero attached hydrogens (tertiary/aromatic N) is 2. The lowest BCUT2D eigenvalue weighted by Crippen LogP contribution is -2.37. The van der Waals surface area contributed by atoms with Crippen molar-refractivity contribution in [2.75, 3.05) is 5.75 Å². The van der Waals surface area contributed by atoms with Crippen LogP contribution in [0.4, 0.5) is 0 Å². The van der Waals surface area contributed by atoms with Gasteiger partial charge in [0.05, 0.1) is 22.4 Å². The van der Waals surface area contributed by atoms with Crippen LogP contribution in [0, 0.1) is 5.92 Å². The van der Waals surface area contributed by atoms with Crippen LogP contribution in [0.25, 0.3) is 0 Å². The van der Waals surface area contributed by atoms with E-state index in [9.17, 15) is 9.59 Å². The maximum Gasteiger partial charge on any atom is 0.253 e. The van der Waals surface area contributed by atoms with Crippen molar-refractivity contribution >= 4 is 46.8 Å². The molecule has 1 aliphatic rings. The number of H-pyrrole nitrogens is 1. The Kier molecular flexibility index (Phi) is 8.63. The molecule has 1 saturated carbocycles. The summed E-state index contributed by atoms with van der Waals surface area (Å²) < 4.78 is 0. The zero-order chi connectivity index (χ0) is 22.4. The predicted molar refractivity (Wildman–Crippen MR) is 124 cm³/mol. The maximum absolute atomic E-state index is 12.7. The van der Waals surface area contributed by atoms with E-state index in [0.717, 1.165) is 12.8 Å². The first kappa shape index (κ1) is 23.9. The summed E-state index contributed by atoms with van der Waals surface area (Å²) in [6.07, 6.45) is 5.69. The Bertz CT molecular complexity index is 915. The molecule has 1 aliphatic carbocycles. The fourth-order valence-corrected chi connectivity index (χ4v) is 4.66. The molecule has 0 radical (unpaired) electrons. The number of amides is 2. The molecule has 1 aromatic heterocycles. The molecule has 10 heteroatoms. The first-order valence-corrected chi connectivity index (χ1v) is 12.2. The van der Waals surface area contributed by atoms with Crippen molar-refractivity contribution in [3.05, 3.63) is 39.6 Å². The Morgan fingerprint density at radius 3 is 2.65 bits per heavy atom. The number of benzene rings is 1. The van der Waals surface area contributed by atoms with Crippen LogP contribution in [0.2, 0.25) is 10.0 Å². The highest BCUT2D eigenvalue weighted by Gasteiger charge is 2.24. The zero-order valence-electron chi connectivity index (χ0n) is 17.6. The smallest absolute Gasteiger partial charge is 0.253 e. The van der Waals surface area contributed by atoms with E-state index in [0.29, 0.717) is 21.6 Å². The number of carbonyl (C=O) groups is 2. The van der Waals surface area contributed by atoms with Crippen molar-refractivity contribution in [2.24, 2.45) is 5.92 Å². The van der Waals surface area contributed by atoms with Gasteiger partial charge in [-0.05, 0) is 37.0 Å². The minimum atomic E-state index is -0.392. The lowest BCUT2D eigenvalue weighted by atomic mass is 9.95. The van der Waals surface area contributed by atoms with Crippen molar-refractivity contribution < 1.29 is 9.59 Å². The van der Waals surface area contributed by atoms with E-state index in [2.05, 4.69) is 25.8 Å². The third-order valence-corrected chi connectivity index (χ3v) is 6.60. The molecule has 0 spiro atoms. The average molecular weight is 484 g/mol. The highest BCUT2D eigenvalue weighted by molar-refractivity contribution is 7.99. The molecule has 2 aromatic rings. The Morgan fingerprint density at radius 1 is 1.23 bits per heavy atom. The minimum absolute atomic E-state index is 0.00524. The first-order chi connectivity index (χ1) is 14.8. The van der Waals surface area contributed by atoms with E-state index in [1.54, 1.807) is 12.1 Å². The number of nitrogens with one attached hydrogen (secondary N) is 3. The summed E-state index contributed by atoms with van der Waals surface area (Å²) in [5.41, 5.74) is 0.338. The van der Waals surface area contributed by atoms with Crippen LogP contribution in [-0.2, 0) is 4.79 Å². The van der Waals surface area contributed by atoms with Gasteiger partial charge in [0.2, 0.25) is 11.1 Å². The zero-order valence-corrected chi connectivity index (χ0v) is 19.9. The monoisotopic (exact) mass is 483 g/mol. The Balaban J connectivity index is 1.58. The molecule has 0 bridgehead atoms. The number of aromatic amines is 1. The standard InChI is InChI=1S/C21H27Cl2N5O2S/c1-12(2)18(25-20(30)15-9-8-13(22)10-16(15)23)19-26-21(28-27-19)31-11-17(29)24-14-6-4-3-5-7-14/h8-10,12,14,18H,3-7,11H2,1-2H3,(H,24,29)(H,25,30)(H,26,27,28)/t18-/m1/s1. The van der Waals surface area contributed by atoms with Crippen molar-refractivity contribution in [1.82, 2.24) is 25.8 Å². The number of thioether (sulfide) groups is 1. The van der Waals surface area contributed by atoms with E-state index < -0.39 is 6.04 Å². The van der Waals surface area contributed by atoms with Crippen molar-refractivity contribution in [2.45, 2.75) is 63.2 Å². The molecule has 168 valence electrons. The van der Waals surface area contributed by atoms with Gasteiger partial charge in [0.1, 0.15) is 5.82 Å². The van der Waals surface area contributed by atoms with Gasteiger partial charge >= 0.3 is 0 Å². The molecule has 3 rings (SSSR count). The molecular weight excluding hydrogens is 457 g/mol. The highest BCUT2D eigenvalue weighted by Crippen LogP contribution is 2.25. The molecule has 7 nitrogen and oxygen atoms in total. The second-order valence-corrected chi connectivity index (χ2v) is 9.80. The van der Waals surface area contributed by atoms with Crippen LogP contribution >= 0.6 is 35.0 Å². The van der Waals surface area contributed by atoms with E-state index in [-0.39, 0.29) is 34.5 Å². The van der Waals surface area contributed by atoms with E-state index in [4.69, 9.17) is 23.2 Å². The van der Waals surface area contributed by atoms with Crippen LogP contribution < -0.4 is 10.6 Å². The number of rotatable bonds is 8. The summed E-state index contributed by atoms with van der Waals surface area (Å²) in [6.45, 7) is 3.95. The van der Waals surface area contributed by atoms with Gasteiger partial charge in [-0.15, -0.1) is 5.10 Å². The summed E-state index contributed by atoms with van der Waals surface area (Å²) in [5, 5.41) is 14.3. The summed E-state index contributed by atoms with van der Waals surface area (Å²) in [4.78, 5) is 29.4. The van der Waals surface area contributed by atoms with Crippen LogP contribution in [0.15, 0.2) is 23.4 Å². The Labute approximate surface area is 196 Å². The molecular formula is C21H27Cl2N5O2S. The van der Waals surface area contributed by atoms with Crippen LogP contribution in [0.3, 0.4) is 0 Å². The normalized spacial score (nSPS) is 15.6. The molecule has 0 aliphatic heterocycles. The summed E-state index contributed by atoms with van der Waals surface area (Å²) in [7, 11) is 0. The molecule has 0 saturated heterocycles. The van der Waals surface area contributed by atoms with Gasteiger partial charge < -0.3 is 10.6 Å². The van der Waals surface area contributed by atoms with E-state index in [1.807, 2.05) is 13.8 Å². The Hall–Kier alpha value is -1.77. The molecule has 0 unspecified atom stereocenters. The van der Waals surface area contributed by atoms with E-state index >= 15 is 0 Å². The number of carbonyl (C=O) groups excluding carboxylic acids is 2.